The molecule has 3 heterocycles. The van der Waals surface area contributed by atoms with Crippen molar-refractivity contribution in [2.75, 3.05) is 13.1 Å². The summed E-state index contributed by atoms with van der Waals surface area (Å²) in [5.74, 6) is 0.173. The second-order valence-corrected chi connectivity index (χ2v) is 5.22. The Morgan fingerprint density at radius 2 is 2.35 bits per heavy atom. The largest absolute Gasteiger partial charge is 0.337 e. The molecule has 1 fully saturated rings. The van der Waals surface area contributed by atoms with Gasteiger partial charge >= 0.3 is 0 Å². The fraction of sp³-hybridized carbons (Fsp3) is 0.385. The molecule has 1 atom stereocenters. The molecule has 0 aromatic carbocycles. The standard InChI is InChI=1S/C13H14ClN5O/c14-12-7-15-6-11(17-12)13(20)19-5-1-2-9(8-19)10-3-4-16-18-10/h3-4,6-7,9H,1-2,5,8H2,(H,16,18). The molecule has 7 heteroatoms. The number of hydrogen-bond donors (Lipinski definition) is 1. The monoisotopic (exact) mass is 291 g/mol. The SMILES string of the molecule is O=C(c1cncc(Cl)n1)N1CCCC(c2ccn[nH]2)C1. The van der Waals surface area contributed by atoms with Gasteiger partial charge in [0.2, 0.25) is 0 Å². The van der Waals surface area contributed by atoms with Crippen molar-refractivity contribution in [1.29, 1.82) is 0 Å². The first-order valence-electron chi connectivity index (χ1n) is 6.50. The number of carbonyl (C=O) groups is 1. The summed E-state index contributed by atoms with van der Waals surface area (Å²) in [4.78, 5) is 22.1. The molecule has 104 valence electrons. The molecule has 0 aliphatic carbocycles. The average molecular weight is 292 g/mol. The Labute approximate surface area is 121 Å². The normalized spacial score (nSPS) is 19.1. The summed E-state index contributed by atoms with van der Waals surface area (Å²) < 4.78 is 0. The number of aromatic amines is 1. The van der Waals surface area contributed by atoms with Gasteiger partial charge in [0.25, 0.3) is 5.91 Å². The molecule has 1 aliphatic heterocycles. The third-order valence-corrected chi connectivity index (χ3v) is 3.68. The summed E-state index contributed by atoms with van der Waals surface area (Å²) in [6, 6.07) is 1.96. The van der Waals surface area contributed by atoms with Crippen LogP contribution in [-0.4, -0.2) is 44.1 Å². The van der Waals surface area contributed by atoms with Crippen molar-refractivity contribution in [2.45, 2.75) is 18.8 Å². The van der Waals surface area contributed by atoms with Gasteiger partial charge in [-0.3, -0.25) is 14.9 Å². The Balaban J connectivity index is 1.75. The molecule has 0 bridgehead atoms. The van der Waals surface area contributed by atoms with E-state index in [-0.39, 0.29) is 11.1 Å². The zero-order valence-electron chi connectivity index (χ0n) is 10.8. The van der Waals surface area contributed by atoms with Crippen LogP contribution in [0.4, 0.5) is 0 Å². The first kappa shape index (κ1) is 13.1. The van der Waals surface area contributed by atoms with Crippen LogP contribution < -0.4 is 0 Å². The number of amides is 1. The number of rotatable bonds is 2. The lowest BCUT2D eigenvalue weighted by molar-refractivity contribution is 0.0699. The Morgan fingerprint density at radius 1 is 1.45 bits per heavy atom. The van der Waals surface area contributed by atoms with Gasteiger partial charge in [-0.1, -0.05) is 11.6 Å². The minimum atomic E-state index is -0.121. The minimum Gasteiger partial charge on any atom is -0.337 e. The molecule has 0 spiro atoms. The number of piperidine rings is 1. The first-order valence-corrected chi connectivity index (χ1v) is 6.88. The van der Waals surface area contributed by atoms with Crippen molar-refractivity contribution in [3.8, 4) is 0 Å². The maximum atomic E-state index is 12.4. The summed E-state index contributed by atoms with van der Waals surface area (Å²) in [7, 11) is 0. The fourth-order valence-electron chi connectivity index (χ4n) is 2.52. The van der Waals surface area contributed by atoms with Crippen molar-refractivity contribution in [3.05, 3.63) is 41.2 Å². The van der Waals surface area contributed by atoms with E-state index in [0.29, 0.717) is 18.2 Å². The highest BCUT2D eigenvalue weighted by Crippen LogP contribution is 2.26. The molecule has 1 amide bonds. The number of nitrogens with zero attached hydrogens (tertiary/aromatic N) is 4. The highest BCUT2D eigenvalue weighted by molar-refractivity contribution is 6.29. The smallest absolute Gasteiger partial charge is 0.274 e. The van der Waals surface area contributed by atoms with Gasteiger partial charge in [0.15, 0.2) is 0 Å². The molecular formula is C13H14ClN5O. The lowest BCUT2D eigenvalue weighted by Crippen LogP contribution is -2.39. The number of likely N-dealkylation sites (tertiary alicyclic amines) is 1. The molecule has 0 saturated carbocycles. The highest BCUT2D eigenvalue weighted by atomic mass is 35.5. The molecule has 1 saturated heterocycles. The molecule has 1 unspecified atom stereocenters. The van der Waals surface area contributed by atoms with Crippen LogP contribution in [0.3, 0.4) is 0 Å². The molecule has 6 nitrogen and oxygen atoms in total. The van der Waals surface area contributed by atoms with E-state index in [4.69, 9.17) is 11.6 Å². The zero-order chi connectivity index (χ0) is 13.9. The van der Waals surface area contributed by atoms with Crippen LogP contribution in [0.2, 0.25) is 5.15 Å². The van der Waals surface area contributed by atoms with Gasteiger partial charge < -0.3 is 4.90 Å². The van der Waals surface area contributed by atoms with Crippen LogP contribution in [0.5, 0.6) is 0 Å². The summed E-state index contributed by atoms with van der Waals surface area (Å²) in [5.41, 5.74) is 1.36. The lowest BCUT2D eigenvalue weighted by Gasteiger charge is -2.31. The Morgan fingerprint density at radius 3 is 3.10 bits per heavy atom. The van der Waals surface area contributed by atoms with Gasteiger partial charge in [-0.25, -0.2) is 4.98 Å². The number of nitrogens with one attached hydrogen (secondary N) is 1. The van der Waals surface area contributed by atoms with Crippen molar-refractivity contribution in [3.63, 3.8) is 0 Å². The molecule has 0 radical (unpaired) electrons. The van der Waals surface area contributed by atoms with Crippen LogP contribution >= 0.6 is 11.6 Å². The lowest BCUT2D eigenvalue weighted by atomic mass is 9.95. The van der Waals surface area contributed by atoms with Crippen LogP contribution in [0, 0.1) is 0 Å². The zero-order valence-corrected chi connectivity index (χ0v) is 11.5. The van der Waals surface area contributed by atoms with Crippen LogP contribution in [0.25, 0.3) is 0 Å². The Bertz CT molecular complexity index is 601. The van der Waals surface area contributed by atoms with Gasteiger partial charge in [0.05, 0.1) is 12.4 Å². The fourth-order valence-corrected chi connectivity index (χ4v) is 2.66. The summed E-state index contributed by atoms with van der Waals surface area (Å²) in [6.45, 7) is 1.40. The van der Waals surface area contributed by atoms with E-state index in [9.17, 15) is 4.79 Å². The van der Waals surface area contributed by atoms with Gasteiger partial charge in [-0.2, -0.15) is 5.10 Å². The van der Waals surface area contributed by atoms with Crippen molar-refractivity contribution >= 4 is 17.5 Å². The molecule has 2 aromatic rings. The van der Waals surface area contributed by atoms with Gasteiger partial charge in [-0.15, -0.1) is 0 Å². The number of carbonyl (C=O) groups excluding carboxylic acids is 1. The third kappa shape index (κ3) is 2.65. The van der Waals surface area contributed by atoms with E-state index >= 15 is 0 Å². The quantitative estimate of drug-likeness (QED) is 0.916. The molecule has 3 rings (SSSR count). The third-order valence-electron chi connectivity index (χ3n) is 3.49. The van der Waals surface area contributed by atoms with Crippen LogP contribution in [-0.2, 0) is 0 Å². The van der Waals surface area contributed by atoms with Crippen molar-refractivity contribution < 1.29 is 4.79 Å². The number of halogens is 1. The molecule has 2 aromatic heterocycles. The van der Waals surface area contributed by atoms with Crippen molar-refractivity contribution in [1.82, 2.24) is 25.1 Å². The van der Waals surface area contributed by atoms with Crippen LogP contribution in [0.15, 0.2) is 24.7 Å². The van der Waals surface area contributed by atoms with E-state index in [2.05, 4.69) is 20.2 Å². The second-order valence-electron chi connectivity index (χ2n) is 4.83. The second kappa shape index (κ2) is 5.58. The molecule has 1 N–H and O–H groups in total. The van der Waals surface area contributed by atoms with E-state index in [0.717, 1.165) is 25.1 Å². The number of H-pyrrole nitrogens is 1. The van der Waals surface area contributed by atoms with Crippen molar-refractivity contribution in [2.24, 2.45) is 0 Å². The molecular weight excluding hydrogens is 278 g/mol. The topological polar surface area (TPSA) is 74.8 Å². The maximum Gasteiger partial charge on any atom is 0.274 e. The van der Waals surface area contributed by atoms with Crippen LogP contribution in [0.1, 0.15) is 34.9 Å². The summed E-state index contributed by atoms with van der Waals surface area (Å²) in [6.07, 6.45) is 6.62. The van der Waals surface area contributed by atoms with E-state index in [1.165, 1.54) is 12.4 Å². The molecule has 1 aliphatic rings. The Hall–Kier alpha value is -1.95. The first-order chi connectivity index (χ1) is 9.74. The van der Waals surface area contributed by atoms with E-state index < -0.39 is 0 Å². The number of hydrogen-bond acceptors (Lipinski definition) is 4. The highest BCUT2D eigenvalue weighted by Gasteiger charge is 2.27. The predicted molar refractivity (Wildman–Crippen MR) is 73.5 cm³/mol. The van der Waals surface area contributed by atoms with Gasteiger partial charge in [0.1, 0.15) is 10.8 Å². The number of aromatic nitrogens is 4. The van der Waals surface area contributed by atoms with Gasteiger partial charge in [-0.05, 0) is 18.9 Å². The van der Waals surface area contributed by atoms with E-state index in [1.54, 1.807) is 11.1 Å². The maximum absolute atomic E-state index is 12.4. The Kier molecular flexibility index (Phi) is 3.64. The predicted octanol–water partition coefficient (Wildman–Crippen LogP) is 1.87. The summed E-state index contributed by atoms with van der Waals surface area (Å²) >= 11 is 5.78. The van der Waals surface area contributed by atoms with E-state index in [1.807, 2.05) is 6.07 Å². The average Bonchev–Trinajstić information content (AvgIpc) is 3.01. The molecule has 20 heavy (non-hydrogen) atoms. The minimum absolute atomic E-state index is 0.121. The summed E-state index contributed by atoms with van der Waals surface area (Å²) in [5, 5.41) is 7.18. The van der Waals surface area contributed by atoms with Gasteiger partial charge in [0, 0.05) is 30.9 Å².